The number of hydrogen-bond acceptors (Lipinski definition) is 2. The fraction of sp³-hybridized carbons (Fsp3) is 0.300. The van der Waals surface area contributed by atoms with E-state index in [2.05, 4.69) is 49.2 Å². The van der Waals surface area contributed by atoms with Crippen LogP contribution in [0.4, 0.5) is 15.8 Å². The summed E-state index contributed by atoms with van der Waals surface area (Å²) in [4.78, 5) is 2.34. The van der Waals surface area contributed by atoms with Crippen LogP contribution < -0.4 is 10.2 Å². The molecule has 0 aliphatic carbocycles. The maximum absolute atomic E-state index is 13.6. The summed E-state index contributed by atoms with van der Waals surface area (Å²) < 4.78 is 13.6. The molecule has 3 heteroatoms. The summed E-state index contributed by atoms with van der Waals surface area (Å²) in [5.74, 6) is -0.171. The Labute approximate surface area is 137 Å². The van der Waals surface area contributed by atoms with Crippen molar-refractivity contribution in [3.05, 3.63) is 64.5 Å². The highest BCUT2D eigenvalue weighted by Crippen LogP contribution is 2.31. The molecular formula is C20H23FN2. The van der Waals surface area contributed by atoms with Gasteiger partial charge in [0.05, 0.1) is 0 Å². The van der Waals surface area contributed by atoms with Gasteiger partial charge in [0.1, 0.15) is 5.82 Å². The molecule has 0 bridgehead atoms. The predicted octanol–water partition coefficient (Wildman–Crippen LogP) is 4.91. The van der Waals surface area contributed by atoms with Crippen molar-refractivity contribution in [2.45, 2.75) is 27.3 Å². The number of halogens is 1. The molecule has 1 aliphatic heterocycles. The van der Waals surface area contributed by atoms with Crippen molar-refractivity contribution in [1.29, 1.82) is 0 Å². The molecule has 3 rings (SSSR count). The van der Waals surface area contributed by atoms with Gasteiger partial charge < -0.3 is 10.2 Å². The highest BCUT2D eigenvalue weighted by Gasteiger charge is 2.16. The first-order chi connectivity index (χ1) is 11.0. The van der Waals surface area contributed by atoms with Crippen LogP contribution in [0.3, 0.4) is 0 Å². The van der Waals surface area contributed by atoms with E-state index in [4.69, 9.17) is 0 Å². The molecule has 2 nitrogen and oxygen atoms in total. The van der Waals surface area contributed by atoms with Crippen molar-refractivity contribution >= 4 is 16.9 Å². The van der Waals surface area contributed by atoms with Crippen LogP contribution in [-0.2, 0) is 6.54 Å². The van der Waals surface area contributed by atoms with Gasteiger partial charge in [-0.2, -0.15) is 0 Å². The van der Waals surface area contributed by atoms with Crippen molar-refractivity contribution < 1.29 is 4.39 Å². The Balaban J connectivity index is 2.01. The lowest BCUT2D eigenvalue weighted by Crippen LogP contribution is -2.22. The fourth-order valence-corrected chi connectivity index (χ4v) is 3.40. The van der Waals surface area contributed by atoms with Crippen LogP contribution in [0, 0.1) is 19.7 Å². The molecule has 0 aromatic heterocycles. The Morgan fingerprint density at radius 1 is 1.04 bits per heavy atom. The standard InChI is InChI=1S/C20H23FN2/c1-13-7-8-23(12-16-5-6-17(21)11-19(13)16)18-9-14(2)20(22-4)15(3)10-18/h5-7,9-11,22H,8,12H2,1-4H3. The maximum atomic E-state index is 13.6. The summed E-state index contributed by atoms with van der Waals surface area (Å²) in [7, 11) is 1.96. The zero-order valence-corrected chi connectivity index (χ0v) is 14.2. The first kappa shape index (κ1) is 15.6. The highest BCUT2D eigenvalue weighted by molar-refractivity contribution is 5.71. The van der Waals surface area contributed by atoms with E-state index in [0.717, 1.165) is 24.2 Å². The second kappa shape index (κ2) is 6.07. The van der Waals surface area contributed by atoms with Crippen LogP contribution >= 0.6 is 0 Å². The third-order valence-corrected chi connectivity index (χ3v) is 4.61. The van der Waals surface area contributed by atoms with Crippen LogP contribution in [0.1, 0.15) is 29.2 Å². The van der Waals surface area contributed by atoms with E-state index >= 15 is 0 Å². The molecule has 2 aromatic carbocycles. The number of anilines is 2. The van der Waals surface area contributed by atoms with Gasteiger partial charge >= 0.3 is 0 Å². The van der Waals surface area contributed by atoms with Crippen molar-refractivity contribution in [2.24, 2.45) is 0 Å². The Hall–Kier alpha value is -2.29. The molecule has 1 heterocycles. The van der Waals surface area contributed by atoms with Gasteiger partial charge in [-0.1, -0.05) is 12.1 Å². The summed E-state index contributed by atoms with van der Waals surface area (Å²) in [6.45, 7) is 7.94. The minimum Gasteiger partial charge on any atom is -0.388 e. The number of aryl methyl sites for hydroxylation is 2. The van der Waals surface area contributed by atoms with Gasteiger partial charge in [-0.3, -0.25) is 0 Å². The average molecular weight is 310 g/mol. The monoisotopic (exact) mass is 310 g/mol. The minimum atomic E-state index is -0.171. The van der Waals surface area contributed by atoms with Gasteiger partial charge in [-0.25, -0.2) is 4.39 Å². The summed E-state index contributed by atoms with van der Waals surface area (Å²) in [6, 6.07) is 9.54. The molecular weight excluding hydrogens is 287 g/mol. The van der Waals surface area contributed by atoms with Crippen molar-refractivity contribution in [3.63, 3.8) is 0 Å². The molecule has 0 saturated heterocycles. The molecule has 0 fully saturated rings. The summed E-state index contributed by atoms with van der Waals surface area (Å²) >= 11 is 0. The zero-order chi connectivity index (χ0) is 16.6. The van der Waals surface area contributed by atoms with Crippen LogP contribution in [-0.4, -0.2) is 13.6 Å². The van der Waals surface area contributed by atoms with Crippen LogP contribution in [0.2, 0.25) is 0 Å². The normalized spacial score (nSPS) is 14.1. The Kier molecular flexibility index (Phi) is 4.12. The lowest BCUT2D eigenvalue weighted by atomic mass is 10.0. The lowest BCUT2D eigenvalue weighted by Gasteiger charge is -2.25. The Bertz CT molecular complexity index is 754. The highest BCUT2D eigenvalue weighted by atomic mass is 19.1. The molecule has 1 aliphatic rings. The van der Waals surface area contributed by atoms with Crippen molar-refractivity contribution in [2.75, 3.05) is 23.8 Å². The van der Waals surface area contributed by atoms with E-state index in [1.54, 1.807) is 12.1 Å². The van der Waals surface area contributed by atoms with E-state index in [1.807, 2.05) is 13.1 Å². The van der Waals surface area contributed by atoms with Gasteiger partial charge in [0, 0.05) is 31.5 Å². The van der Waals surface area contributed by atoms with E-state index < -0.39 is 0 Å². The number of nitrogens with one attached hydrogen (secondary N) is 1. The van der Waals surface area contributed by atoms with Gasteiger partial charge in [0.25, 0.3) is 0 Å². The summed E-state index contributed by atoms with van der Waals surface area (Å²) in [5.41, 5.74) is 8.22. The summed E-state index contributed by atoms with van der Waals surface area (Å²) in [5, 5.41) is 3.26. The van der Waals surface area contributed by atoms with Crippen LogP contribution in [0.25, 0.3) is 5.57 Å². The first-order valence-corrected chi connectivity index (χ1v) is 7.99. The second-order valence-corrected chi connectivity index (χ2v) is 6.27. The third-order valence-electron chi connectivity index (χ3n) is 4.61. The second-order valence-electron chi connectivity index (χ2n) is 6.27. The molecule has 0 saturated carbocycles. The largest absolute Gasteiger partial charge is 0.388 e. The van der Waals surface area contributed by atoms with Crippen molar-refractivity contribution in [3.8, 4) is 0 Å². The smallest absolute Gasteiger partial charge is 0.123 e. The number of rotatable bonds is 2. The van der Waals surface area contributed by atoms with Gasteiger partial charge in [0.15, 0.2) is 0 Å². The number of hydrogen-bond donors (Lipinski definition) is 1. The van der Waals surface area contributed by atoms with E-state index in [1.165, 1.54) is 28.1 Å². The SMILES string of the molecule is CNc1c(C)cc(N2CC=C(C)c3cc(F)ccc3C2)cc1C. The minimum absolute atomic E-state index is 0.171. The van der Waals surface area contributed by atoms with Crippen LogP contribution in [0.5, 0.6) is 0 Å². The topological polar surface area (TPSA) is 15.3 Å². The van der Waals surface area contributed by atoms with Crippen LogP contribution in [0.15, 0.2) is 36.4 Å². The van der Waals surface area contributed by atoms with Gasteiger partial charge in [0.2, 0.25) is 0 Å². The lowest BCUT2D eigenvalue weighted by molar-refractivity contribution is 0.626. The summed E-state index contributed by atoms with van der Waals surface area (Å²) in [6.07, 6.45) is 2.18. The van der Waals surface area contributed by atoms with E-state index in [9.17, 15) is 4.39 Å². The third kappa shape index (κ3) is 2.96. The molecule has 23 heavy (non-hydrogen) atoms. The molecule has 0 amide bonds. The van der Waals surface area contributed by atoms with E-state index in [-0.39, 0.29) is 5.82 Å². The van der Waals surface area contributed by atoms with Gasteiger partial charge in [-0.15, -0.1) is 0 Å². The zero-order valence-electron chi connectivity index (χ0n) is 14.2. The molecule has 1 N–H and O–H groups in total. The Morgan fingerprint density at radius 2 is 1.74 bits per heavy atom. The molecule has 0 atom stereocenters. The quantitative estimate of drug-likeness (QED) is 0.848. The average Bonchev–Trinajstić information content (AvgIpc) is 2.67. The van der Waals surface area contributed by atoms with Gasteiger partial charge in [-0.05, 0) is 72.9 Å². The molecule has 0 radical (unpaired) electrons. The number of nitrogens with zero attached hydrogens (tertiary/aromatic N) is 1. The molecule has 2 aromatic rings. The first-order valence-electron chi connectivity index (χ1n) is 7.99. The Morgan fingerprint density at radius 3 is 2.39 bits per heavy atom. The number of allylic oxidation sites excluding steroid dienone is 1. The number of fused-ring (bicyclic) bond motifs is 1. The maximum Gasteiger partial charge on any atom is 0.123 e. The van der Waals surface area contributed by atoms with E-state index in [0.29, 0.717) is 0 Å². The molecule has 0 unspecified atom stereocenters. The number of benzene rings is 2. The molecule has 0 spiro atoms. The fourth-order valence-electron chi connectivity index (χ4n) is 3.40. The predicted molar refractivity (Wildman–Crippen MR) is 96.6 cm³/mol. The van der Waals surface area contributed by atoms with Crippen molar-refractivity contribution in [1.82, 2.24) is 0 Å². The molecule has 120 valence electrons.